The van der Waals surface area contributed by atoms with E-state index >= 15 is 0 Å². The van der Waals surface area contributed by atoms with Crippen LogP contribution in [0.4, 0.5) is 0 Å². The number of nitrogens with one attached hydrogen (secondary N) is 2. The Kier molecular flexibility index (Phi) is 6.69. The van der Waals surface area contributed by atoms with E-state index in [0.29, 0.717) is 23.9 Å². The maximum atomic E-state index is 12.2. The molecule has 154 valence electrons. The Bertz CT molecular complexity index is 832. The van der Waals surface area contributed by atoms with Crippen molar-refractivity contribution in [3.63, 3.8) is 0 Å². The second kappa shape index (κ2) is 9.02. The number of aliphatic imine (C=N–C) groups is 1. The third kappa shape index (κ3) is 4.89. The minimum absolute atomic E-state index is 0.0857. The number of ether oxygens (including phenoxy) is 1. The molecule has 2 N–H and O–H groups in total. The van der Waals surface area contributed by atoms with Gasteiger partial charge in [-0.1, -0.05) is 26.0 Å². The molecule has 0 radical (unpaired) electrons. The molecule has 0 aliphatic carbocycles. The summed E-state index contributed by atoms with van der Waals surface area (Å²) in [5, 5.41) is 2.99. The summed E-state index contributed by atoms with van der Waals surface area (Å²) in [7, 11) is -3.55. The van der Waals surface area contributed by atoms with Crippen molar-refractivity contribution in [2.45, 2.75) is 31.2 Å². The number of fused-ring (bicyclic) bond motifs is 1. The smallest absolute Gasteiger partial charge is 0.263 e. The predicted octanol–water partition coefficient (Wildman–Crippen LogP) is 0.588. The zero-order valence-corrected chi connectivity index (χ0v) is 17.2. The molecular formula is C19H28N4O4S. The molecule has 3 rings (SSSR count). The van der Waals surface area contributed by atoms with Crippen LogP contribution in [0, 0.1) is 5.92 Å². The van der Waals surface area contributed by atoms with Crippen LogP contribution < -0.4 is 10.0 Å². The fraction of sp³-hybridized carbons (Fsp3) is 0.579. The summed E-state index contributed by atoms with van der Waals surface area (Å²) in [5.41, 5.74) is 0.551. The van der Waals surface area contributed by atoms with E-state index in [1.165, 1.54) is 0 Å². The maximum absolute atomic E-state index is 12.2. The lowest BCUT2D eigenvalue weighted by atomic mass is 10.0. The summed E-state index contributed by atoms with van der Waals surface area (Å²) in [5.74, 6) is 0.636. The Morgan fingerprint density at radius 3 is 2.71 bits per heavy atom. The van der Waals surface area contributed by atoms with Crippen LogP contribution in [0.15, 0.2) is 34.2 Å². The summed E-state index contributed by atoms with van der Waals surface area (Å²) in [6.45, 7) is 8.34. The molecule has 0 bridgehead atoms. The standard InChI is InChI=1S/C19H28N4O4S/c1-14(2)16(23-9-11-27-12-10-23)13-21-18(24)7-8-20-19-15-5-3-4-6-17(15)28(25,26)22-19/h3-6,14,16H,7-13H2,1-2H3,(H,20,22)(H,21,24). The molecule has 1 aromatic rings. The van der Waals surface area contributed by atoms with Gasteiger partial charge in [-0.3, -0.25) is 19.4 Å². The highest BCUT2D eigenvalue weighted by molar-refractivity contribution is 7.90. The van der Waals surface area contributed by atoms with Crippen molar-refractivity contribution in [3.05, 3.63) is 29.8 Å². The summed E-state index contributed by atoms with van der Waals surface area (Å²) >= 11 is 0. The second-order valence-electron chi connectivity index (χ2n) is 7.35. The van der Waals surface area contributed by atoms with E-state index in [9.17, 15) is 13.2 Å². The normalized spacial score (nSPS) is 21.3. The highest BCUT2D eigenvalue weighted by Crippen LogP contribution is 2.22. The second-order valence-corrected chi connectivity index (χ2v) is 9.00. The maximum Gasteiger partial charge on any atom is 0.263 e. The highest BCUT2D eigenvalue weighted by Gasteiger charge is 2.30. The molecule has 28 heavy (non-hydrogen) atoms. The zero-order chi connectivity index (χ0) is 20.1. The Hall–Kier alpha value is -1.97. The van der Waals surface area contributed by atoms with Gasteiger partial charge in [-0.15, -0.1) is 0 Å². The van der Waals surface area contributed by atoms with Crippen LogP contribution in [-0.2, 0) is 19.6 Å². The number of amides is 1. The summed E-state index contributed by atoms with van der Waals surface area (Å²) in [6.07, 6.45) is 0.210. The van der Waals surface area contributed by atoms with Crippen LogP contribution in [0.3, 0.4) is 0 Å². The van der Waals surface area contributed by atoms with Gasteiger partial charge in [-0.25, -0.2) is 8.42 Å². The molecule has 1 unspecified atom stereocenters. The predicted molar refractivity (Wildman–Crippen MR) is 107 cm³/mol. The Balaban J connectivity index is 1.51. The van der Waals surface area contributed by atoms with Crippen molar-refractivity contribution in [1.29, 1.82) is 0 Å². The van der Waals surface area contributed by atoms with Crippen molar-refractivity contribution in [2.24, 2.45) is 10.9 Å². The molecule has 2 aliphatic heterocycles. The van der Waals surface area contributed by atoms with Gasteiger partial charge in [0.2, 0.25) is 5.91 Å². The van der Waals surface area contributed by atoms with Crippen molar-refractivity contribution in [1.82, 2.24) is 14.9 Å². The topological polar surface area (TPSA) is 100 Å². The molecule has 1 amide bonds. The van der Waals surface area contributed by atoms with Gasteiger partial charge < -0.3 is 10.1 Å². The third-order valence-electron chi connectivity index (χ3n) is 5.06. The first-order chi connectivity index (χ1) is 13.4. The monoisotopic (exact) mass is 408 g/mol. The molecule has 2 aliphatic rings. The lowest BCUT2D eigenvalue weighted by molar-refractivity contribution is -0.121. The van der Waals surface area contributed by atoms with E-state index in [0.717, 1.165) is 26.3 Å². The quantitative estimate of drug-likeness (QED) is 0.688. The summed E-state index contributed by atoms with van der Waals surface area (Å²) in [4.78, 5) is 19.1. The number of sulfonamides is 1. The number of carbonyl (C=O) groups is 1. The SMILES string of the molecule is CC(C)C(CNC(=O)CCN=C1NS(=O)(=O)c2ccccc21)N1CCOCC1. The van der Waals surface area contributed by atoms with Gasteiger partial charge in [0.25, 0.3) is 10.0 Å². The molecule has 0 saturated carbocycles. The Morgan fingerprint density at radius 2 is 2.00 bits per heavy atom. The van der Waals surface area contributed by atoms with Gasteiger partial charge in [0, 0.05) is 37.7 Å². The highest BCUT2D eigenvalue weighted by atomic mass is 32.2. The number of carbonyl (C=O) groups excluding carboxylic acids is 1. The van der Waals surface area contributed by atoms with Gasteiger partial charge in [0.15, 0.2) is 0 Å². The lowest BCUT2D eigenvalue weighted by Gasteiger charge is -2.36. The molecule has 8 nitrogen and oxygen atoms in total. The van der Waals surface area contributed by atoms with Crippen molar-refractivity contribution in [2.75, 3.05) is 39.4 Å². The number of benzene rings is 1. The van der Waals surface area contributed by atoms with Crippen LogP contribution in [0.25, 0.3) is 0 Å². The van der Waals surface area contributed by atoms with Crippen LogP contribution in [0.5, 0.6) is 0 Å². The molecule has 0 spiro atoms. The minimum Gasteiger partial charge on any atom is -0.379 e. The molecule has 9 heteroatoms. The Morgan fingerprint density at radius 1 is 1.29 bits per heavy atom. The number of morpholine rings is 1. The first kappa shape index (κ1) is 20.8. The van der Waals surface area contributed by atoms with E-state index in [1.807, 2.05) is 0 Å². The number of rotatable bonds is 7. The van der Waals surface area contributed by atoms with Crippen LogP contribution in [0.2, 0.25) is 0 Å². The van der Waals surface area contributed by atoms with E-state index < -0.39 is 10.0 Å². The van der Waals surface area contributed by atoms with Gasteiger partial charge in [0.1, 0.15) is 5.84 Å². The van der Waals surface area contributed by atoms with E-state index in [1.54, 1.807) is 24.3 Å². The van der Waals surface area contributed by atoms with Crippen molar-refractivity contribution in [3.8, 4) is 0 Å². The van der Waals surface area contributed by atoms with E-state index in [-0.39, 0.29) is 29.8 Å². The molecule has 2 heterocycles. The van der Waals surface area contributed by atoms with E-state index in [4.69, 9.17) is 4.74 Å². The molecule has 1 atom stereocenters. The fourth-order valence-electron chi connectivity index (χ4n) is 3.52. The molecule has 0 aromatic heterocycles. The van der Waals surface area contributed by atoms with Crippen LogP contribution in [0.1, 0.15) is 25.8 Å². The number of hydrogen-bond acceptors (Lipinski definition) is 6. The average molecular weight is 409 g/mol. The lowest BCUT2D eigenvalue weighted by Crippen LogP contribution is -2.51. The van der Waals surface area contributed by atoms with Gasteiger partial charge in [0.05, 0.1) is 24.7 Å². The van der Waals surface area contributed by atoms with Gasteiger partial charge in [-0.05, 0) is 18.1 Å². The zero-order valence-electron chi connectivity index (χ0n) is 16.3. The summed E-state index contributed by atoms with van der Waals surface area (Å²) < 4.78 is 32.0. The minimum atomic E-state index is -3.55. The average Bonchev–Trinajstić information content (AvgIpc) is 2.93. The third-order valence-corrected chi connectivity index (χ3v) is 6.46. The van der Waals surface area contributed by atoms with E-state index in [2.05, 4.69) is 33.8 Å². The molecular weight excluding hydrogens is 380 g/mol. The number of nitrogens with zero attached hydrogens (tertiary/aromatic N) is 2. The first-order valence-electron chi connectivity index (χ1n) is 9.63. The largest absolute Gasteiger partial charge is 0.379 e. The molecule has 1 aromatic carbocycles. The number of hydrogen-bond donors (Lipinski definition) is 2. The number of amidine groups is 1. The molecule has 1 saturated heterocycles. The van der Waals surface area contributed by atoms with Crippen LogP contribution >= 0.6 is 0 Å². The molecule has 1 fully saturated rings. The van der Waals surface area contributed by atoms with Crippen molar-refractivity contribution < 1.29 is 17.9 Å². The Labute approximate surface area is 166 Å². The van der Waals surface area contributed by atoms with Gasteiger partial charge in [-0.2, -0.15) is 0 Å². The fourth-order valence-corrected chi connectivity index (χ4v) is 4.77. The van der Waals surface area contributed by atoms with Gasteiger partial charge >= 0.3 is 0 Å². The summed E-state index contributed by atoms with van der Waals surface area (Å²) in [6, 6.07) is 6.97. The van der Waals surface area contributed by atoms with Crippen molar-refractivity contribution >= 4 is 21.8 Å². The first-order valence-corrected chi connectivity index (χ1v) is 11.1. The van der Waals surface area contributed by atoms with Crippen LogP contribution in [-0.4, -0.2) is 70.5 Å².